The molecule has 0 fully saturated rings. The molecule has 0 saturated heterocycles. The molecule has 374 valence electrons. The molecule has 0 amide bonds. The van der Waals surface area contributed by atoms with E-state index in [2.05, 4.69) is 85.4 Å². The minimum Gasteiger partial charge on any atom is -0.461 e. The second-order valence-electron chi connectivity index (χ2n) is 19.9. The van der Waals surface area contributed by atoms with Gasteiger partial charge in [-0.25, -0.2) is 9.59 Å². The van der Waals surface area contributed by atoms with Gasteiger partial charge in [-0.2, -0.15) is 10.2 Å². The van der Waals surface area contributed by atoms with E-state index in [0.29, 0.717) is 77.0 Å². The van der Waals surface area contributed by atoms with E-state index in [0.717, 1.165) is 123 Å². The molecule has 0 aliphatic carbocycles. The molecule has 6 aromatic rings. The lowest BCUT2D eigenvalue weighted by Crippen LogP contribution is -2.41. The van der Waals surface area contributed by atoms with Crippen LogP contribution >= 0.6 is 0 Å². The first kappa shape index (κ1) is 51.8. The van der Waals surface area contributed by atoms with E-state index in [4.69, 9.17) is 28.5 Å². The van der Waals surface area contributed by atoms with Crippen LogP contribution in [0.4, 0.5) is 0 Å². The Morgan fingerprint density at radius 3 is 1.58 bits per heavy atom. The lowest BCUT2D eigenvalue weighted by molar-refractivity contribution is 0.0502. The molecule has 8 rings (SSSR count). The van der Waals surface area contributed by atoms with E-state index in [1.807, 2.05) is 50.3 Å². The van der Waals surface area contributed by atoms with Gasteiger partial charge in [0.25, 0.3) is 0 Å². The Balaban J connectivity index is 0.000000208. The summed E-state index contributed by atoms with van der Waals surface area (Å²) in [5.41, 5.74) is 13.8. The van der Waals surface area contributed by atoms with E-state index >= 15 is 0 Å². The average molecular weight is 965 g/mol. The predicted octanol–water partition coefficient (Wildman–Crippen LogP) is 10.6. The molecule has 1 N–H and O–H groups in total. The normalized spacial score (nSPS) is 14.6. The fourth-order valence-corrected chi connectivity index (χ4v) is 11.0. The Bertz CT molecular complexity index is 2770. The molecule has 0 atom stereocenters. The number of aromatic nitrogens is 6. The van der Waals surface area contributed by atoms with E-state index in [1.165, 1.54) is 0 Å². The lowest BCUT2D eigenvalue weighted by Gasteiger charge is -2.36. The number of nitrogens with zero attached hydrogens (tertiary/aromatic N) is 6. The zero-order valence-electron chi connectivity index (χ0n) is 43.2. The molecule has 2 aliphatic heterocycles. The number of hydrogen-bond acceptors (Lipinski definition) is 10. The molecule has 0 spiro atoms. The van der Waals surface area contributed by atoms with Gasteiger partial charge in [-0.1, -0.05) is 57.2 Å². The summed E-state index contributed by atoms with van der Waals surface area (Å²) in [5.74, 6) is -0.545. The Morgan fingerprint density at radius 1 is 0.710 bits per heavy atom. The molecule has 2 aliphatic rings. The van der Waals surface area contributed by atoms with Gasteiger partial charge in [0.05, 0.1) is 60.2 Å². The number of hydrogen-bond donors (Lipinski definition) is 1. The second kappa shape index (κ2) is 22.3. The summed E-state index contributed by atoms with van der Waals surface area (Å²) >= 11 is 0. The molecular formula is C54H76N6O8Si. The van der Waals surface area contributed by atoms with Crippen molar-refractivity contribution in [2.24, 2.45) is 14.1 Å². The van der Waals surface area contributed by atoms with E-state index in [9.17, 15) is 14.7 Å². The highest BCUT2D eigenvalue weighted by Crippen LogP contribution is 2.42. The van der Waals surface area contributed by atoms with Crippen molar-refractivity contribution in [1.29, 1.82) is 0 Å². The number of ether oxygens (including phenoxy) is 4. The third-order valence-electron chi connectivity index (χ3n) is 14.3. The number of benzene rings is 2. The quantitative estimate of drug-likeness (QED) is 0.0714. The highest BCUT2D eigenvalue weighted by Gasteiger charge is 2.37. The maximum atomic E-state index is 13.5. The summed E-state index contributed by atoms with van der Waals surface area (Å²) in [5, 5.41) is 21.2. The van der Waals surface area contributed by atoms with Crippen molar-refractivity contribution in [3.63, 3.8) is 0 Å². The van der Waals surface area contributed by atoms with Crippen molar-refractivity contribution >= 4 is 42.1 Å². The fourth-order valence-electron chi connectivity index (χ4n) is 9.96. The number of para-hydroxylation sites is 2. The Labute approximate surface area is 409 Å². The number of esters is 2. The summed E-state index contributed by atoms with van der Waals surface area (Å²) in [7, 11) is 2.09. The highest BCUT2D eigenvalue weighted by molar-refractivity contribution is 6.74. The monoisotopic (exact) mass is 965 g/mol. The number of rotatable bonds is 12. The van der Waals surface area contributed by atoms with Gasteiger partial charge in [0, 0.05) is 86.6 Å². The largest absolute Gasteiger partial charge is 0.461 e. The summed E-state index contributed by atoms with van der Waals surface area (Å²) in [6.07, 6.45) is 6.49. The molecule has 15 heteroatoms. The van der Waals surface area contributed by atoms with Gasteiger partial charge in [-0.3, -0.25) is 9.36 Å². The zero-order valence-corrected chi connectivity index (χ0v) is 44.2. The van der Waals surface area contributed by atoms with Crippen LogP contribution < -0.4 is 0 Å². The molecule has 0 radical (unpaired) electrons. The molecule has 69 heavy (non-hydrogen) atoms. The number of aryl methyl sites for hydroxylation is 8. The van der Waals surface area contributed by atoms with Crippen molar-refractivity contribution in [3.8, 4) is 22.3 Å². The summed E-state index contributed by atoms with van der Waals surface area (Å²) in [6, 6.07) is 12.6. The molecule has 6 heterocycles. The first-order chi connectivity index (χ1) is 33.1. The Morgan fingerprint density at radius 2 is 1.16 bits per heavy atom. The topological polar surface area (TPSA) is 146 Å². The molecular weight excluding hydrogens is 889 g/mol. The third-order valence-corrected chi connectivity index (χ3v) is 18.8. The molecule has 0 bridgehead atoms. The second-order valence-corrected chi connectivity index (χ2v) is 24.7. The van der Waals surface area contributed by atoms with Crippen LogP contribution in [-0.4, -0.2) is 93.7 Å². The minimum atomic E-state index is -1.84. The number of carbonyl (C=O) groups excluding carboxylic acids is 2. The van der Waals surface area contributed by atoms with Gasteiger partial charge < -0.3 is 37.6 Å². The molecule has 2 aromatic carbocycles. The van der Waals surface area contributed by atoms with Crippen molar-refractivity contribution in [2.45, 2.75) is 144 Å². The smallest absolute Gasteiger partial charge is 0.355 e. The van der Waals surface area contributed by atoms with Gasteiger partial charge in [0.2, 0.25) is 0 Å². The van der Waals surface area contributed by atoms with Crippen LogP contribution in [0.5, 0.6) is 0 Å². The van der Waals surface area contributed by atoms with Gasteiger partial charge in [0.1, 0.15) is 11.4 Å². The van der Waals surface area contributed by atoms with E-state index in [1.54, 1.807) is 0 Å². The van der Waals surface area contributed by atoms with Gasteiger partial charge in [0.15, 0.2) is 8.32 Å². The van der Waals surface area contributed by atoms with Crippen LogP contribution in [0.15, 0.2) is 36.4 Å². The Hall–Kier alpha value is -5.06. The first-order valence-electron chi connectivity index (χ1n) is 25.1. The fraction of sp³-hybridized carbons (Fsp3) is 0.556. The maximum Gasteiger partial charge on any atom is 0.355 e. The number of carbonyl (C=O) groups is 2. The summed E-state index contributed by atoms with van der Waals surface area (Å²) in [4.78, 5) is 26.6. The van der Waals surface area contributed by atoms with Crippen LogP contribution in [0.3, 0.4) is 0 Å². The van der Waals surface area contributed by atoms with Crippen LogP contribution in [-0.2, 0) is 76.6 Å². The summed E-state index contributed by atoms with van der Waals surface area (Å²) in [6.45, 7) is 24.4. The average Bonchev–Trinajstić information content (AvgIpc) is 3.97. The summed E-state index contributed by atoms with van der Waals surface area (Å²) < 4.78 is 37.8. The standard InChI is InChI=1S/C30H45N3O4Si.C24H31N3O4/c1-9-36-29(34)28-23(16-13-19-37-38(7,8)30(3,4)5)22-14-12-15-24-26-21(2)31-32(6)25(26)20-35-18-11-10-17-33(28)27(22)24;1-4-31-24(29)23-18(11-8-13-28)17-9-7-10-19-21-16(2)25-26(3)20(21)15-30-14-6-5-12-27(23)22(17)19/h12,14-15H,9-11,13,16-20H2,1-8H3;7,9-10,28H,4-6,8,11-15H2,1-3H3. The van der Waals surface area contributed by atoms with Crippen molar-refractivity contribution in [2.75, 3.05) is 39.6 Å². The van der Waals surface area contributed by atoms with Crippen LogP contribution in [0, 0.1) is 13.8 Å². The third kappa shape index (κ3) is 10.7. The van der Waals surface area contributed by atoms with Crippen molar-refractivity contribution < 1.29 is 38.1 Å². The van der Waals surface area contributed by atoms with Gasteiger partial charge in [-0.05, 0) is 108 Å². The van der Waals surface area contributed by atoms with Crippen LogP contribution in [0.25, 0.3) is 44.1 Å². The predicted molar refractivity (Wildman–Crippen MR) is 274 cm³/mol. The molecule has 14 nitrogen and oxygen atoms in total. The van der Waals surface area contributed by atoms with Crippen LogP contribution in [0.2, 0.25) is 18.1 Å². The zero-order chi connectivity index (χ0) is 49.6. The number of fused-ring (bicyclic) bond motifs is 4. The van der Waals surface area contributed by atoms with E-state index < -0.39 is 8.32 Å². The first-order valence-corrected chi connectivity index (χ1v) is 28.0. The number of aliphatic hydroxyl groups is 1. The molecule has 0 saturated carbocycles. The van der Waals surface area contributed by atoms with Gasteiger partial charge >= 0.3 is 11.9 Å². The van der Waals surface area contributed by atoms with Crippen molar-refractivity contribution in [1.82, 2.24) is 28.7 Å². The van der Waals surface area contributed by atoms with Crippen LogP contribution in [0.1, 0.15) is 128 Å². The highest BCUT2D eigenvalue weighted by atomic mass is 28.4. The van der Waals surface area contributed by atoms with E-state index in [-0.39, 0.29) is 23.6 Å². The molecule has 0 unspecified atom stereocenters. The van der Waals surface area contributed by atoms with Crippen molar-refractivity contribution in [3.05, 3.63) is 81.7 Å². The minimum absolute atomic E-state index is 0.0812. The Kier molecular flexibility index (Phi) is 16.8. The maximum absolute atomic E-state index is 13.5. The SMILES string of the molecule is CCOC(=O)c1c(CCCO)c2cccc3c2n1CCCCOCc1c-3c(C)nn1C.CCOC(=O)c1c(CCCO[Si](C)(C)C(C)(C)C)c2cccc3c2n1CCCCOCc1c-3c(C)nn1C. The lowest BCUT2D eigenvalue weighted by atomic mass is 9.98. The van der Waals surface area contributed by atoms with Gasteiger partial charge in [-0.15, -0.1) is 0 Å². The molecule has 4 aromatic heterocycles. The number of aliphatic hydroxyl groups excluding tert-OH is 1.